The molecule has 1 aliphatic carbocycles. The Labute approximate surface area is 107 Å². The summed E-state index contributed by atoms with van der Waals surface area (Å²) in [6.07, 6.45) is 5.17. The third-order valence-corrected chi connectivity index (χ3v) is 3.32. The van der Waals surface area contributed by atoms with Crippen molar-refractivity contribution in [3.63, 3.8) is 0 Å². The van der Waals surface area contributed by atoms with Gasteiger partial charge in [-0.25, -0.2) is 4.39 Å². The summed E-state index contributed by atoms with van der Waals surface area (Å²) in [5, 5.41) is 3.22. The number of nitrogens with one attached hydrogen (secondary N) is 1. The average molecular weight is 250 g/mol. The lowest BCUT2D eigenvalue weighted by Crippen LogP contribution is -2.17. The van der Waals surface area contributed by atoms with Gasteiger partial charge in [-0.05, 0) is 37.4 Å². The molecular weight excluding hydrogens is 231 g/mol. The molecule has 0 unspecified atom stereocenters. The SMILES string of the molecule is NC(=O)c1ccc(CNCCCC2CC2)c(F)c1. The van der Waals surface area contributed by atoms with Crippen LogP contribution < -0.4 is 11.1 Å². The minimum Gasteiger partial charge on any atom is -0.366 e. The molecule has 1 amide bonds. The Morgan fingerprint density at radius 2 is 2.22 bits per heavy atom. The predicted octanol–water partition coefficient (Wildman–Crippen LogP) is 2.20. The highest BCUT2D eigenvalue weighted by Crippen LogP contribution is 2.33. The normalized spacial score (nSPS) is 14.7. The summed E-state index contributed by atoms with van der Waals surface area (Å²) in [6.45, 7) is 1.41. The van der Waals surface area contributed by atoms with E-state index in [1.165, 1.54) is 25.3 Å². The Morgan fingerprint density at radius 1 is 1.44 bits per heavy atom. The maximum absolute atomic E-state index is 13.6. The lowest BCUT2D eigenvalue weighted by molar-refractivity contribution is 0.1000. The van der Waals surface area contributed by atoms with Gasteiger partial charge >= 0.3 is 0 Å². The monoisotopic (exact) mass is 250 g/mol. The van der Waals surface area contributed by atoms with Crippen molar-refractivity contribution in [2.45, 2.75) is 32.2 Å². The predicted molar refractivity (Wildman–Crippen MR) is 68.6 cm³/mol. The van der Waals surface area contributed by atoms with E-state index in [0.717, 1.165) is 18.9 Å². The van der Waals surface area contributed by atoms with Crippen molar-refractivity contribution in [2.24, 2.45) is 11.7 Å². The third kappa shape index (κ3) is 3.81. The van der Waals surface area contributed by atoms with E-state index in [9.17, 15) is 9.18 Å². The molecule has 0 aromatic heterocycles. The van der Waals surface area contributed by atoms with Crippen LogP contribution in [0.1, 0.15) is 41.6 Å². The van der Waals surface area contributed by atoms with E-state index in [1.54, 1.807) is 12.1 Å². The number of rotatable bonds is 7. The molecule has 0 bridgehead atoms. The number of hydrogen-bond donors (Lipinski definition) is 2. The molecule has 0 saturated heterocycles. The number of nitrogens with two attached hydrogens (primary N) is 1. The Balaban J connectivity index is 1.75. The summed E-state index contributed by atoms with van der Waals surface area (Å²) in [6, 6.07) is 4.37. The second-order valence-electron chi connectivity index (χ2n) is 4.93. The van der Waals surface area contributed by atoms with Gasteiger partial charge in [0, 0.05) is 17.7 Å². The van der Waals surface area contributed by atoms with E-state index in [4.69, 9.17) is 5.73 Å². The minimum absolute atomic E-state index is 0.213. The molecule has 2 rings (SSSR count). The smallest absolute Gasteiger partial charge is 0.248 e. The highest BCUT2D eigenvalue weighted by molar-refractivity contribution is 5.92. The fourth-order valence-corrected chi connectivity index (χ4v) is 1.99. The zero-order valence-electron chi connectivity index (χ0n) is 10.4. The molecule has 1 saturated carbocycles. The van der Waals surface area contributed by atoms with Crippen LogP contribution in [0.25, 0.3) is 0 Å². The lowest BCUT2D eigenvalue weighted by Gasteiger charge is -2.06. The number of hydrogen-bond acceptors (Lipinski definition) is 2. The van der Waals surface area contributed by atoms with Gasteiger partial charge in [0.25, 0.3) is 0 Å². The highest BCUT2D eigenvalue weighted by atomic mass is 19.1. The zero-order chi connectivity index (χ0) is 13.0. The van der Waals surface area contributed by atoms with Crippen LogP contribution in [0.15, 0.2) is 18.2 Å². The largest absolute Gasteiger partial charge is 0.366 e. The maximum Gasteiger partial charge on any atom is 0.248 e. The molecule has 3 N–H and O–H groups in total. The Bertz CT molecular complexity index is 430. The number of benzene rings is 1. The van der Waals surface area contributed by atoms with Crippen LogP contribution >= 0.6 is 0 Å². The van der Waals surface area contributed by atoms with Gasteiger partial charge in [-0.2, -0.15) is 0 Å². The quantitative estimate of drug-likeness (QED) is 0.729. The van der Waals surface area contributed by atoms with Crippen molar-refractivity contribution in [1.82, 2.24) is 5.32 Å². The van der Waals surface area contributed by atoms with Crippen LogP contribution in [0.5, 0.6) is 0 Å². The first-order valence-corrected chi connectivity index (χ1v) is 6.46. The van der Waals surface area contributed by atoms with Crippen molar-refractivity contribution in [3.05, 3.63) is 35.1 Å². The molecule has 1 aliphatic rings. The van der Waals surface area contributed by atoms with E-state index < -0.39 is 5.91 Å². The molecule has 4 heteroatoms. The third-order valence-electron chi connectivity index (χ3n) is 3.32. The number of carbonyl (C=O) groups is 1. The Hall–Kier alpha value is -1.42. The van der Waals surface area contributed by atoms with Crippen molar-refractivity contribution < 1.29 is 9.18 Å². The molecule has 1 aromatic carbocycles. The maximum atomic E-state index is 13.6. The number of halogens is 1. The number of amides is 1. The van der Waals surface area contributed by atoms with Gasteiger partial charge in [0.15, 0.2) is 0 Å². The molecule has 1 fully saturated rings. The molecule has 98 valence electrons. The van der Waals surface area contributed by atoms with Crippen LogP contribution in [0.2, 0.25) is 0 Å². The minimum atomic E-state index is -0.599. The molecule has 0 radical (unpaired) electrons. The first kappa shape index (κ1) is 13.0. The van der Waals surface area contributed by atoms with E-state index in [-0.39, 0.29) is 11.4 Å². The fourth-order valence-electron chi connectivity index (χ4n) is 1.99. The van der Waals surface area contributed by atoms with Gasteiger partial charge in [-0.3, -0.25) is 4.79 Å². The summed E-state index contributed by atoms with van der Waals surface area (Å²) in [7, 11) is 0. The molecule has 0 spiro atoms. The molecule has 18 heavy (non-hydrogen) atoms. The van der Waals surface area contributed by atoms with Crippen LogP contribution in [0.3, 0.4) is 0 Å². The summed E-state index contributed by atoms with van der Waals surface area (Å²) in [5.41, 5.74) is 5.87. The first-order chi connectivity index (χ1) is 8.66. The highest BCUT2D eigenvalue weighted by Gasteiger charge is 2.19. The Kier molecular flexibility index (Phi) is 4.31. The average Bonchev–Trinajstić information content (AvgIpc) is 3.14. The van der Waals surface area contributed by atoms with Crippen LogP contribution in [-0.2, 0) is 6.54 Å². The fraction of sp³-hybridized carbons (Fsp3) is 0.500. The van der Waals surface area contributed by atoms with Crippen molar-refractivity contribution >= 4 is 5.91 Å². The van der Waals surface area contributed by atoms with E-state index in [1.807, 2.05) is 0 Å². The van der Waals surface area contributed by atoms with Gasteiger partial charge < -0.3 is 11.1 Å². The lowest BCUT2D eigenvalue weighted by atomic mass is 10.1. The van der Waals surface area contributed by atoms with Gasteiger partial charge in [0.05, 0.1) is 0 Å². The molecule has 3 nitrogen and oxygen atoms in total. The zero-order valence-corrected chi connectivity index (χ0v) is 10.4. The Morgan fingerprint density at radius 3 is 2.83 bits per heavy atom. The summed E-state index contributed by atoms with van der Waals surface area (Å²) >= 11 is 0. The van der Waals surface area contributed by atoms with E-state index in [0.29, 0.717) is 12.1 Å². The summed E-state index contributed by atoms with van der Waals surface area (Å²) < 4.78 is 13.6. The second-order valence-corrected chi connectivity index (χ2v) is 4.93. The van der Waals surface area contributed by atoms with Crippen LogP contribution in [-0.4, -0.2) is 12.5 Å². The molecular formula is C14H19FN2O. The van der Waals surface area contributed by atoms with Gasteiger partial charge in [-0.15, -0.1) is 0 Å². The first-order valence-electron chi connectivity index (χ1n) is 6.46. The number of primary amides is 1. The van der Waals surface area contributed by atoms with Crippen LogP contribution in [0.4, 0.5) is 4.39 Å². The topological polar surface area (TPSA) is 55.1 Å². The van der Waals surface area contributed by atoms with Crippen molar-refractivity contribution in [1.29, 1.82) is 0 Å². The van der Waals surface area contributed by atoms with Crippen LogP contribution in [0, 0.1) is 11.7 Å². The van der Waals surface area contributed by atoms with Gasteiger partial charge in [0.2, 0.25) is 5.91 Å². The molecule has 0 aliphatic heterocycles. The summed E-state index contributed by atoms with van der Waals surface area (Å²) in [5.74, 6) is -0.0304. The molecule has 0 atom stereocenters. The molecule has 1 aromatic rings. The standard InChI is InChI=1S/C14H19FN2O/c15-13-8-11(14(16)18)5-6-12(13)9-17-7-1-2-10-3-4-10/h5-6,8,10,17H,1-4,7,9H2,(H2,16,18). The van der Waals surface area contributed by atoms with E-state index >= 15 is 0 Å². The number of carbonyl (C=O) groups excluding carboxylic acids is 1. The van der Waals surface area contributed by atoms with Gasteiger partial charge in [-0.1, -0.05) is 18.9 Å². The summed E-state index contributed by atoms with van der Waals surface area (Å²) in [4.78, 5) is 10.9. The molecule has 0 heterocycles. The second kappa shape index (κ2) is 5.96. The van der Waals surface area contributed by atoms with E-state index in [2.05, 4.69) is 5.32 Å². The van der Waals surface area contributed by atoms with Gasteiger partial charge in [0.1, 0.15) is 5.82 Å². The van der Waals surface area contributed by atoms with Crippen molar-refractivity contribution in [2.75, 3.05) is 6.54 Å². The van der Waals surface area contributed by atoms with Crippen molar-refractivity contribution in [3.8, 4) is 0 Å².